The van der Waals surface area contributed by atoms with Gasteiger partial charge in [0.2, 0.25) is 0 Å². The zero-order valence-corrected chi connectivity index (χ0v) is 17.0. The highest BCUT2D eigenvalue weighted by Gasteiger charge is 2.54. The third kappa shape index (κ3) is 3.34. The fourth-order valence-corrected chi connectivity index (χ4v) is 10.8. The minimum atomic E-state index is -2.64. The molecule has 6 heteroatoms. The van der Waals surface area contributed by atoms with E-state index in [9.17, 15) is 0 Å². The molecule has 4 rings (SSSR count). The highest BCUT2D eigenvalue weighted by Crippen LogP contribution is 2.25. The van der Waals surface area contributed by atoms with E-state index in [0.717, 1.165) is 15.8 Å². The van der Waals surface area contributed by atoms with Gasteiger partial charge in [0.25, 0.3) is 0 Å². The Hall–Kier alpha value is -1.96. The van der Waals surface area contributed by atoms with Crippen LogP contribution in [0.2, 0.25) is 13.1 Å². The van der Waals surface area contributed by atoms with E-state index in [1.165, 1.54) is 0 Å². The molecule has 1 aliphatic heterocycles. The summed E-state index contributed by atoms with van der Waals surface area (Å²) in [4.78, 5) is 0. The van der Waals surface area contributed by atoms with Crippen molar-refractivity contribution in [3.8, 4) is 0 Å². The van der Waals surface area contributed by atoms with Gasteiger partial charge in [0.15, 0.2) is 0 Å². The molecule has 0 bridgehead atoms. The van der Waals surface area contributed by atoms with Crippen LogP contribution < -0.4 is 15.8 Å². The van der Waals surface area contributed by atoms with Crippen LogP contribution in [0.3, 0.4) is 0 Å². The molecule has 1 aliphatic rings. The van der Waals surface area contributed by atoms with E-state index in [1.807, 2.05) is 54.6 Å². The maximum absolute atomic E-state index is 6.72. The summed E-state index contributed by atoms with van der Waals surface area (Å²) in [7, 11) is -5.70. The molecule has 3 aromatic rings. The molecular weight excluding hydrogens is 355 g/mol. The zero-order chi connectivity index (χ0) is 18.0. The summed E-state index contributed by atoms with van der Waals surface area (Å²) < 4.78 is 19.7. The molecule has 1 fully saturated rings. The fraction of sp³-hybridized carbons (Fsp3) is 0.100. The summed E-state index contributed by atoms with van der Waals surface area (Å²) in [6.07, 6.45) is 0. The van der Waals surface area contributed by atoms with Crippen molar-refractivity contribution in [2.45, 2.75) is 13.1 Å². The summed E-state index contributed by atoms with van der Waals surface area (Å²) in [5.74, 6) is 0. The molecule has 0 spiro atoms. The van der Waals surface area contributed by atoms with Crippen molar-refractivity contribution in [2.75, 3.05) is 0 Å². The normalized spacial score (nSPS) is 25.8. The van der Waals surface area contributed by atoms with Gasteiger partial charge in [-0.25, -0.2) is 0 Å². The molecule has 2 unspecified atom stereocenters. The van der Waals surface area contributed by atoms with Crippen LogP contribution >= 0.6 is 0 Å². The average molecular weight is 376 g/mol. The molecule has 0 amide bonds. The first-order valence-corrected chi connectivity index (χ1v) is 13.4. The highest BCUT2D eigenvalue weighted by atomic mass is 28.5. The van der Waals surface area contributed by atoms with Crippen LogP contribution in [0.4, 0.5) is 0 Å². The Morgan fingerprint density at radius 1 is 0.577 bits per heavy atom. The third-order valence-electron chi connectivity index (χ3n) is 4.72. The van der Waals surface area contributed by atoms with Crippen LogP contribution in [0, 0.1) is 0 Å². The van der Waals surface area contributed by atoms with Gasteiger partial charge < -0.3 is 12.8 Å². The van der Waals surface area contributed by atoms with Gasteiger partial charge in [0, 0.05) is 0 Å². The van der Waals surface area contributed by atoms with E-state index in [1.54, 1.807) is 0 Å². The lowest BCUT2D eigenvalue weighted by Crippen LogP contribution is -2.73. The van der Waals surface area contributed by atoms with Crippen molar-refractivity contribution in [1.29, 1.82) is 0 Å². The second-order valence-electron chi connectivity index (χ2n) is 6.70. The molecular formula is C20H21BO3Si2. The molecule has 1 heterocycles. The van der Waals surface area contributed by atoms with E-state index < -0.39 is 24.2 Å². The van der Waals surface area contributed by atoms with Crippen LogP contribution in [-0.2, 0) is 12.8 Å². The minimum absolute atomic E-state index is 0.418. The molecule has 0 aromatic heterocycles. The van der Waals surface area contributed by atoms with Crippen molar-refractivity contribution < 1.29 is 12.8 Å². The predicted molar refractivity (Wildman–Crippen MR) is 110 cm³/mol. The number of rotatable bonds is 3. The van der Waals surface area contributed by atoms with Crippen molar-refractivity contribution in [1.82, 2.24) is 0 Å². The van der Waals surface area contributed by atoms with Crippen molar-refractivity contribution in [3.05, 3.63) is 91.0 Å². The van der Waals surface area contributed by atoms with Crippen LogP contribution in [-0.4, -0.2) is 24.2 Å². The second kappa shape index (κ2) is 6.98. The van der Waals surface area contributed by atoms with Gasteiger partial charge in [0.05, 0.1) is 0 Å². The lowest BCUT2D eigenvalue weighted by Gasteiger charge is -2.45. The summed E-state index contributed by atoms with van der Waals surface area (Å²) in [5.41, 5.74) is 1.03. The standard InChI is InChI=1S/C20H21BO3Si2/c1-25(19-14-8-4-9-15-19)22-21(18-12-6-3-7-13-18)23-26(2,24-25)20-16-10-5-11-17-20/h3-17H,1-2H3. The fourth-order valence-electron chi connectivity index (χ4n) is 3.33. The number of hydrogen-bond donors (Lipinski definition) is 0. The molecule has 0 saturated carbocycles. The summed E-state index contributed by atoms with van der Waals surface area (Å²) in [6.45, 7) is 4.24. The van der Waals surface area contributed by atoms with Gasteiger partial charge in [-0.3, -0.25) is 0 Å². The molecule has 0 aliphatic carbocycles. The number of hydrogen-bond acceptors (Lipinski definition) is 3. The first kappa shape index (κ1) is 17.5. The van der Waals surface area contributed by atoms with Crippen molar-refractivity contribution in [3.63, 3.8) is 0 Å². The SMILES string of the molecule is C[Si]1(c2ccccc2)OB(c2ccccc2)O[Si](C)(c2ccccc2)O1. The smallest absolute Gasteiger partial charge is 0.426 e. The van der Waals surface area contributed by atoms with Crippen LogP contribution in [0.1, 0.15) is 0 Å². The summed E-state index contributed by atoms with van der Waals surface area (Å²) in [5, 5.41) is 2.25. The number of benzene rings is 3. The third-order valence-corrected chi connectivity index (χ3v) is 11.9. The van der Waals surface area contributed by atoms with Gasteiger partial charge in [-0.2, -0.15) is 0 Å². The van der Waals surface area contributed by atoms with Crippen LogP contribution in [0.5, 0.6) is 0 Å². The Balaban J connectivity index is 1.79. The lowest BCUT2D eigenvalue weighted by molar-refractivity contribution is 0.270. The van der Waals surface area contributed by atoms with E-state index in [-0.39, 0.29) is 0 Å². The Morgan fingerprint density at radius 2 is 0.962 bits per heavy atom. The topological polar surface area (TPSA) is 27.7 Å². The molecule has 2 atom stereocenters. The quantitative estimate of drug-likeness (QED) is 0.657. The van der Waals surface area contributed by atoms with Crippen molar-refractivity contribution >= 4 is 40.1 Å². The Labute approximate surface area is 157 Å². The van der Waals surface area contributed by atoms with Crippen LogP contribution in [0.15, 0.2) is 91.0 Å². The molecule has 1 saturated heterocycles. The van der Waals surface area contributed by atoms with Gasteiger partial charge in [-0.1, -0.05) is 91.0 Å². The highest BCUT2D eigenvalue weighted by molar-refractivity contribution is 7.00. The van der Waals surface area contributed by atoms with Gasteiger partial charge >= 0.3 is 24.2 Å². The molecule has 3 nitrogen and oxygen atoms in total. The molecule has 0 radical (unpaired) electrons. The van der Waals surface area contributed by atoms with Gasteiger partial charge in [-0.15, -0.1) is 0 Å². The van der Waals surface area contributed by atoms with E-state index >= 15 is 0 Å². The Kier molecular flexibility index (Phi) is 4.69. The maximum Gasteiger partial charge on any atom is 0.475 e. The molecule has 130 valence electrons. The van der Waals surface area contributed by atoms with E-state index in [4.69, 9.17) is 12.8 Å². The predicted octanol–water partition coefficient (Wildman–Crippen LogP) is 2.40. The summed E-state index contributed by atoms with van der Waals surface area (Å²) >= 11 is 0. The minimum Gasteiger partial charge on any atom is -0.426 e. The molecule has 26 heavy (non-hydrogen) atoms. The monoisotopic (exact) mass is 376 g/mol. The van der Waals surface area contributed by atoms with Gasteiger partial charge in [0.1, 0.15) is 0 Å². The first-order valence-electron chi connectivity index (χ1n) is 8.81. The Bertz CT molecular complexity index is 812. The Morgan fingerprint density at radius 3 is 1.38 bits per heavy atom. The van der Waals surface area contributed by atoms with E-state index in [2.05, 4.69) is 49.5 Å². The molecule has 0 N–H and O–H groups in total. The first-order chi connectivity index (χ1) is 12.6. The lowest BCUT2D eigenvalue weighted by atomic mass is 9.80. The summed E-state index contributed by atoms with van der Waals surface area (Å²) in [6, 6.07) is 30.7. The molecule has 3 aromatic carbocycles. The van der Waals surface area contributed by atoms with Crippen LogP contribution in [0.25, 0.3) is 0 Å². The van der Waals surface area contributed by atoms with Gasteiger partial charge in [-0.05, 0) is 28.9 Å². The second-order valence-corrected chi connectivity index (χ2v) is 12.9. The zero-order valence-electron chi connectivity index (χ0n) is 15.0. The van der Waals surface area contributed by atoms with Crippen molar-refractivity contribution in [2.24, 2.45) is 0 Å². The maximum atomic E-state index is 6.72. The largest absolute Gasteiger partial charge is 0.475 e. The average Bonchev–Trinajstić information content (AvgIpc) is 2.69. The van der Waals surface area contributed by atoms with E-state index in [0.29, 0.717) is 0 Å².